The van der Waals surface area contributed by atoms with E-state index in [-0.39, 0.29) is 5.41 Å². The van der Waals surface area contributed by atoms with Crippen LogP contribution in [0.3, 0.4) is 0 Å². The van der Waals surface area contributed by atoms with Crippen LogP contribution in [0.25, 0.3) is 0 Å². The van der Waals surface area contributed by atoms with E-state index in [0.29, 0.717) is 0 Å². The van der Waals surface area contributed by atoms with Crippen molar-refractivity contribution < 1.29 is 0 Å². The molecule has 0 atom stereocenters. The van der Waals surface area contributed by atoms with E-state index in [2.05, 4.69) is 49.9 Å². The highest BCUT2D eigenvalue weighted by atomic mass is 15.1. The minimum Gasteiger partial charge on any atom is -0.303 e. The van der Waals surface area contributed by atoms with Gasteiger partial charge in [0, 0.05) is 0 Å². The summed E-state index contributed by atoms with van der Waals surface area (Å²) >= 11 is 0. The Labute approximate surface area is 119 Å². The summed E-state index contributed by atoms with van der Waals surface area (Å²) in [5, 5.41) is 0. The summed E-state index contributed by atoms with van der Waals surface area (Å²) in [6, 6.07) is 8.98. The molecule has 0 unspecified atom stereocenters. The zero-order valence-electron chi connectivity index (χ0n) is 12.9. The van der Waals surface area contributed by atoms with Crippen LogP contribution in [0.4, 0.5) is 0 Å². The zero-order valence-corrected chi connectivity index (χ0v) is 12.9. The van der Waals surface area contributed by atoms with E-state index in [1.807, 2.05) is 0 Å². The highest BCUT2D eigenvalue weighted by molar-refractivity contribution is 5.32. The molecule has 1 fully saturated rings. The SMILES string of the molecule is CC(C)(C)c1ccccc1CCCN1CCCCC1. The van der Waals surface area contributed by atoms with Crippen molar-refractivity contribution in [2.75, 3.05) is 19.6 Å². The second-order valence-electron chi connectivity index (χ2n) is 6.91. The third kappa shape index (κ3) is 4.35. The minimum absolute atomic E-state index is 0.266. The fourth-order valence-electron chi connectivity index (χ4n) is 3.15. The lowest BCUT2D eigenvalue weighted by molar-refractivity contribution is 0.226. The van der Waals surface area contributed by atoms with Crippen molar-refractivity contribution in [2.24, 2.45) is 0 Å². The van der Waals surface area contributed by atoms with Crippen LogP contribution in [-0.2, 0) is 11.8 Å². The molecule has 1 aliphatic rings. The minimum atomic E-state index is 0.266. The van der Waals surface area contributed by atoms with Gasteiger partial charge >= 0.3 is 0 Å². The second-order valence-corrected chi connectivity index (χ2v) is 6.91. The van der Waals surface area contributed by atoms with Gasteiger partial charge in [-0.15, -0.1) is 0 Å². The Balaban J connectivity index is 1.88. The lowest BCUT2D eigenvalue weighted by Gasteiger charge is -2.27. The number of rotatable bonds is 4. The molecule has 1 nitrogen and oxygen atoms in total. The molecule has 0 spiro atoms. The molecule has 0 radical (unpaired) electrons. The van der Waals surface area contributed by atoms with Crippen LogP contribution in [0.5, 0.6) is 0 Å². The molecule has 1 aromatic carbocycles. The summed E-state index contributed by atoms with van der Waals surface area (Å²) in [4.78, 5) is 2.64. The Morgan fingerprint density at radius 1 is 1.00 bits per heavy atom. The van der Waals surface area contributed by atoms with Gasteiger partial charge in [0.15, 0.2) is 0 Å². The number of hydrogen-bond donors (Lipinski definition) is 0. The van der Waals surface area contributed by atoms with Crippen LogP contribution in [-0.4, -0.2) is 24.5 Å². The molecule has 0 aliphatic carbocycles. The standard InChI is InChI=1S/C18H29N/c1-18(2,3)17-12-6-5-10-16(17)11-9-15-19-13-7-4-8-14-19/h5-6,10,12H,4,7-9,11,13-15H2,1-3H3. The van der Waals surface area contributed by atoms with Crippen molar-refractivity contribution in [3.8, 4) is 0 Å². The maximum absolute atomic E-state index is 2.64. The first-order valence-electron chi connectivity index (χ1n) is 7.88. The summed E-state index contributed by atoms with van der Waals surface area (Å²) < 4.78 is 0. The summed E-state index contributed by atoms with van der Waals surface area (Å²) in [7, 11) is 0. The van der Waals surface area contributed by atoms with E-state index in [1.54, 1.807) is 5.56 Å². The van der Waals surface area contributed by atoms with E-state index < -0.39 is 0 Å². The quantitative estimate of drug-likeness (QED) is 0.774. The Hall–Kier alpha value is -0.820. The largest absolute Gasteiger partial charge is 0.303 e. The molecule has 0 N–H and O–H groups in total. The van der Waals surface area contributed by atoms with Gasteiger partial charge in [-0.1, -0.05) is 51.5 Å². The molecule has 106 valence electrons. The van der Waals surface area contributed by atoms with Crippen LogP contribution in [0.1, 0.15) is 57.6 Å². The van der Waals surface area contributed by atoms with Gasteiger partial charge in [-0.05, 0) is 61.9 Å². The van der Waals surface area contributed by atoms with Crippen molar-refractivity contribution in [2.45, 2.75) is 58.3 Å². The average molecular weight is 259 g/mol. The molecular weight excluding hydrogens is 230 g/mol. The molecule has 1 heterocycles. The lowest BCUT2D eigenvalue weighted by atomic mass is 9.82. The van der Waals surface area contributed by atoms with Crippen molar-refractivity contribution in [1.29, 1.82) is 0 Å². The highest BCUT2D eigenvalue weighted by Crippen LogP contribution is 2.26. The second kappa shape index (κ2) is 6.56. The molecule has 1 aliphatic heterocycles. The normalized spacial score (nSPS) is 17.6. The molecule has 1 heteroatoms. The predicted molar refractivity (Wildman–Crippen MR) is 83.8 cm³/mol. The van der Waals surface area contributed by atoms with Crippen LogP contribution >= 0.6 is 0 Å². The fourth-order valence-corrected chi connectivity index (χ4v) is 3.15. The summed E-state index contributed by atoms with van der Waals surface area (Å²) in [6.07, 6.45) is 6.76. The highest BCUT2D eigenvalue weighted by Gasteiger charge is 2.17. The lowest BCUT2D eigenvalue weighted by Crippen LogP contribution is -2.30. The predicted octanol–water partition coefficient (Wildman–Crippen LogP) is 4.40. The van der Waals surface area contributed by atoms with Gasteiger partial charge in [-0.2, -0.15) is 0 Å². The summed E-state index contributed by atoms with van der Waals surface area (Å²) in [5.41, 5.74) is 3.34. The number of piperidine rings is 1. The van der Waals surface area contributed by atoms with Crippen LogP contribution in [0.15, 0.2) is 24.3 Å². The molecule has 19 heavy (non-hydrogen) atoms. The molecule has 0 aromatic heterocycles. The van der Waals surface area contributed by atoms with E-state index in [4.69, 9.17) is 0 Å². The van der Waals surface area contributed by atoms with Gasteiger partial charge in [0.25, 0.3) is 0 Å². The summed E-state index contributed by atoms with van der Waals surface area (Å²) in [6.45, 7) is 10.9. The van der Waals surface area contributed by atoms with Gasteiger partial charge in [0.2, 0.25) is 0 Å². The average Bonchev–Trinajstić information content (AvgIpc) is 2.39. The van der Waals surface area contributed by atoms with E-state index in [1.165, 1.54) is 57.3 Å². The molecule has 0 amide bonds. The third-order valence-electron chi connectivity index (χ3n) is 4.19. The van der Waals surface area contributed by atoms with Crippen LogP contribution in [0, 0.1) is 0 Å². The van der Waals surface area contributed by atoms with Crippen molar-refractivity contribution in [3.63, 3.8) is 0 Å². The molecular formula is C18H29N. The van der Waals surface area contributed by atoms with E-state index >= 15 is 0 Å². The Morgan fingerprint density at radius 2 is 1.68 bits per heavy atom. The Bertz CT molecular complexity index is 383. The van der Waals surface area contributed by atoms with Crippen molar-refractivity contribution in [1.82, 2.24) is 4.90 Å². The number of aryl methyl sites for hydroxylation is 1. The number of hydrogen-bond acceptors (Lipinski definition) is 1. The Kier molecular flexibility index (Phi) is 5.04. The van der Waals surface area contributed by atoms with Gasteiger partial charge in [-0.3, -0.25) is 0 Å². The fraction of sp³-hybridized carbons (Fsp3) is 0.667. The number of likely N-dealkylation sites (tertiary alicyclic amines) is 1. The molecule has 2 rings (SSSR count). The van der Waals surface area contributed by atoms with Crippen molar-refractivity contribution in [3.05, 3.63) is 35.4 Å². The van der Waals surface area contributed by atoms with Crippen LogP contribution in [0.2, 0.25) is 0 Å². The smallest absolute Gasteiger partial charge is 0.00156 e. The third-order valence-corrected chi connectivity index (χ3v) is 4.19. The first-order valence-corrected chi connectivity index (χ1v) is 7.88. The van der Waals surface area contributed by atoms with E-state index in [0.717, 1.165) is 0 Å². The molecule has 1 aromatic rings. The Morgan fingerprint density at radius 3 is 2.37 bits per heavy atom. The summed E-state index contributed by atoms with van der Waals surface area (Å²) in [5.74, 6) is 0. The monoisotopic (exact) mass is 259 g/mol. The van der Waals surface area contributed by atoms with Gasteiger partial charge in [0.05, 0.1) is 0 Å². The number of nitrogens with zero attached hydrogens (tertiary/aromatic N) is 1. The maximum Gasteiger partial charge on any atom is -0.00156 e. The first-order chi connectivity index (χ1) is 9.07. The molecule has 0 bridgehead atoms. The topological polar surface area (TPSA) is 3.24 Å². The van der Waals surface area contributed by atoms with Crippen LogP contribution < -0.4 is 0 Å². The number of benzene rings is 1. The van der Waals surface area contributed by atoms with Gasteiger partial charge < -0.3 is 4.90 Å². The van der Waals surface area contributed by atoms with E-state index in [9.17, 15) is 0 Å². The first kappa shape index (κ1) is 14.6. The molecule has 0 saturated carbocycles. The maximum atomic E-state index is 2.64. The zero-order chi connectivity index (χ0) is 13.7. The van der Waals surface area contributed by atoms with Gasteiger partial charge in [0.1, 0.15) is 0 Å². The molecule has 1 saturated heterocycles. The van der Waals surface area contributed by atoms with Gasteiger partial charge in [-0.25, -0.2) is 0 Å². The van der Waals surface area contributed by atoms with Crippen molar-refractivity contribution >= 4 is 0 Å².